The maximum atomic E-state index is 14.0. The van der Waals surface area contributed by atoms with E-state index < -0.39 is 0 Å². The van der Waals surface area contributed by atoms with Gasteiger partial charge in [0.2, 0.25) is 5.95 Å². The van der Waals surface area contributed by atoms with Gasteiger partial charge in [0, 0.05) is 57.0 Å². The zero-order chi connectivity index (χ0) is 18.6. The van der Waals surface area contributed by atoms with Crippen LogP contribution < -0.4 is 9.80 Å². The van der Waals surface area contributed by atoms with Gasteiger partial charge in [-0.15, -0.1) is 0 Å². The molecule has 0 spiro atoms. The van der Waals surface area contributed by atoms with Crippen molar-refractivity contribution in [2.75, 3.05) is 37.6 Å². The van der Waals surface area contributed by atoms with Crippen molar-refractivity contribution >= 4 is 11.9 Å². The third-order valence-electron chi connectivity index (χ3n) is 5.38. The number of amides is 1. The van der Waals surface area contributed by atoms with E-state index in [-0.39, 0.29) is 11.7 Å². The number of hydrogen-bond acceptors (Lipinski definition) is 4. The average Bonchev–Trinajstić information content (AvgIpc) is 3.55. The maximum Gasteiger partial charge on any atom is 0.277 e. The minimum Gasteiger partial charge on any atom is -0.337 e. The third kappa shape index (κ3) is 4.42. The zero-order valence-electron chi connectivity index (χ0n) is 15.4. The van der Waals surface area contributed by atoms with Crippen LogP contribution >= 0.6 is 0 Å². The van der Waals surface area contributed by atoms with Gasteiger partial charge in [0.15, 0.2) is 6.54 Å². The summed E-state index contributed by atoms with van der Waals surface area (Å²) in [6, 6.07) is 9.15. The summed E-state index contributed by atoms with van der Waals surface area (Å²) in [6.45, 7) is 3.83. The van der Waals surface area contributed by atoms with Crippen molar-refractivity contribution in [2.24, 2.45) is 0 Å². The first kappa shape index (κ1) is 17.9. The number of carbonyl (C=O) groups is 1. The van der Waals surface area contributed by atoms with Crippen molar-refractivity contribution in [1.29, 1.82) is 0 Å². The second-order valence-corrected chi connectivity index (χ2v) is 7.29. The van der Waals surface area contributed by atoms with E-state index in [4.69, 9.17) is 0 Å². The molecule has 1 aromatic carbocycles. The lowest BCUT2D eigenvalue weighted by Gasteiger charge is -2.35. The molecule has 27 heavy (non-hydrogen) atoms. The van der Waals surface area contributed by atoms with Gasteiger partial charge in [0.1, 0.15) is 12.4 Å². The lowest BCUT2D eigenvalue weighted by molar-refractivity contribution is -0.917. The van der Waals surface area contributed by atoms with Gasteiger partial charge in [0.05, 0.1) is 6.04 Å². The summed E-state index contributed by atoms with van der Waals surface area (Å²) >= 11 is 0. The number of piperazine rings is 1. The van der Waals surface area contributed by atoms with Crippen molar-refractivity contribution in [2.45, 2.75) is 25.4 Å². The van der Waals surface area contributed by atoms with E-state index in [2.05, 4.69) is 14.9 Å². The molecule has 1 aliphatic heterocycles. The molecule has 1 amide bonds. The summed E-state index contributed by atoms with van der Waals surface area (Å²) < 4.78 is 14.0. The van der Waals surface area contributed by atoms with Gasteiger partial charge in [0.25, 0.3) is 5.91 Å². The minimum atomic E-state index is -0.181. The standard InChI is InChI=1S/C20H24FN5O/c21-18-5-2-1-4-16(18)14-26(17-6-7-17)15-19(27)24-10-12-25(13-11-24)20-22-8-3-9-23-20/h1-5,8-9,17H,6-7,10-15H2/p+1. The second kappa shape index (κ2) is 8.00. The molecular formula is C20H25FN5O+. The fourth-order valence-electron chi connectivity index (χ4n) is 3.65. The van der Waals surface area contributed by atoms with Crippen molar-refractivity contribution in [3.05, 3.63) is 54.1 Å². The van der Waals surface area contributed by atoms with Crippen LogP contribution in [0.15, 0.2) is 42.7 Å². The van der Waals surface area contributed by atoms with E-state index in [1.807, 2.05) is 17.0 Å². The highest BCUT2D eigenvalue weighted by molar-refractivity contribution is 5.77. The first-order valence-electron chi connectivity index (χ1n) is 9.58. The Morgan fingerprint density at radius 1 is 1.07 bits per heavy atom. The first-order chi connectivity index (χ1) is 13.2. The maximum absolute atomic E-state index is 14.0. The number of quaternary nitrogens is 1. The van der Waals surface area contributed by atoms with Gasteiger partial charge >= 0.3 is 0 Å². The van der Waals surface area contributed by atoms with Gasteiger partial charge in [-0.25, -0.2) is 14.4 Å². The lowest BCUT2D eigenvalue weighted by atomic mass is 10.2. The molecule has 1 aromatic heterocycles. The number of carbonyl (C=O) groups excluding carboxylic acids is 1. The molecule has 2 aliphatic rings. The van der Waals surface area contributed by atoms with Crippen LogP contribution in [0.1, 0.15) is 18.4 Å². The SMILES string of the molecule is O=C(C[NH+](Cc1ccccc1F)C1CC1)N1CCN(c2ncccn2)CC1. The lowest BCUT2D eigenvalue weighted by Crippen LogP contribution is -3.13. The van der Waals surface area contributed by atoms with E-state index in [9.17, 15) is 9.18 Å². The molecule has 1 saturated carbocycles. The number of benzene rings is 1. The number of rotatable bonds is 6. The predicted octanol–water partition coefficient (Wildman–Crippen LogP) is 0.512. The van der Waals surface area contributed by atoms with Crippen LogP contribution in [0.4, 0.5) is 10.3 Å². The monoisotopic (exact) mass is 370 g/mol. The quantitative estimate of drug-likeness (QED) is 0.805. The smallest absolute Gasteiger partial charge is 0.277 e. The largest absolute Gasteiger partial charge is 0.337 e. The molecule has 2 aromatic rings. The highest BCUT2D eigenvalue weighted by atomic mass is 19.1. The number of aromatic nitrogens is 2. The molecule has 142 valence electrons. The Kier molecular flexibility index (Phi) is 5.29. The van der Waals surface area contributed by atoms with E-state index >= 15 is 0 Å². The summed E-state index contributed by atoms with van der Waals surface area (Å²) in [6.07, 6.45) is 5.71. The normalized spacial score (nSPS) is 18.4. The Morgan fingerprint density at radius 2 is 1.78 bits per heavy atom. The molecule has 1 unspecified atom stereocenters. The Morgan fingerprint density at radius 3 is 2.44 bits per heavy atom. The average molecular weight is 370 g/mol. The molecule has 6 nitrogen and oxygen atoms in total. The number of halogens is 1. The number of nitrogens with one attached hydrogen (secondary N) is 1. The Labute approximate surface area is 158 Å². The topological polar surface area (TPSA) is 53.8 Å². The summed E-state index contributed by atoms with van der Waals surface area (Å²) in [5, 5.41) is 0. The minimum absolute atomic E-state index is 0.155. The zero-order valence-corrected chi connectivity index (χ0v) is 15.4. The molecule has 2 heterocycles. The van der Waals surface area contributed by atoms with Gasteiger partial charge in [-0.05, 0) is 12.1 Å². The van der Waals surface area contributed by atoms with E-state index in [0.717, 1.165) is 31.9 Å². The van der Waals surface area contributed by atoms with Crippen LogP contribution in [-0.4, -0.2) is 59.5 Å². The Bertz CT molecular complexity index is 775. The van der Waals surface area contributed by atoms with Crippen LogP contribution in [0.25, 0.3) is 0 Å². The highest BCUT2D eigenvalue weighted by Gasteiger charge is 2.36. The number of nitrogens with zero attached hydrogens (tertiary/aromatic N) is 4. The Hall–Kier alpha value is -2.54. The van der Waals surface area contributed by atoms with E-state index in [0.29, 0.717) is 37.8 Å². The van der Waals surface area contributed by atoms with Gasteiger partial charge < -0.3 is 14.7 Å². The van der Waals surface area contributed by atoms with Crippen LogP contribution in [0.5, 0.6) is 0 Å². The van der Waals surface area contributed by atoms with Crippen LogP contribution in [0.3, 0.4) is 0 Å². The van der Waals surface area contributed by atoms with Crippen molar-refractivity contribution < 1.29 is 14.1 Å². The van der Waals surface area contributed by atoms with E-state index in [1.54, 1.807) is 24.5 Å². The molecule has 1 aliphatic carbocycles. The van der Waals surface area contributed by atoms with Gasteiger partial charge in [-0.3, -0.25) is 4.79 Å². The summed E-state index contributed by atoms with van der Waals surface area (Å²) in [5.74, 6) is 0.691. The Balaban J connectivity index is 1.33. The molecule has 0 radical (unpaired) electrons. The molecule has 2 fully saturated rings. The summed E-state index contributed by atoms with van der Waals surface area (Å²) in [4.78, 5) is 26.6. The fourth-order valence-corrected chi connectivity index (χ4v) is 3.65. The molecule has 1 saturated heterocycles. The van der Waals surface area contributed by atoms with Crippen molar-refractivity contribution in [3.63, 3.8) is 0 Å². The molecule has 7 heteroatoms. The molecule has 0 bridgehead atoms. The van der Waals surface area contributed by atoms with Crippen LogP contribution in [-0.2, 0) is 11.3 Å². The molecule has 1 N–H and O–H groups in total. The number of anilines is 1. The number of hydrogen-bond donors (Lipinski definition) is 1. The predicted molar refractivity (Wildman–Crippen MR) is 99.8 cm³/mol. The first-order valence-corrected chi connectivity index (χ1v) is 9.58. The van der Waals surface area contributed by atoms with Crippen LogP contribution in [0, 0.1) is 5.82 Å². The van der Waals surface area contributed by atoms with E-state index in [1.165, 1.54) is 11.0 Å². The molecule has 4 rings (SSSR count). The third-order valence-corrected chi connectivity index (χ3v) is 5.38. The molecule has 1 atom stereocenters. The molecular weight excluding hydrogens is 345 g/mol. The van der Waals surface area contributed by atoms with Crippen molar-refractivity contribution in [3.8, 4) is 0 Å². The summed E-state index contributed by atoms with van der Waals surface area (Å²) in [7, 11) is 0. The summed E-state index contributed by atoms with van der Waals surface area (Å²) in [5.41, 5.74) is 0.693. The van der Waals surface area contributed by atoms with Crippen molar-refractivity contribution in [1.82, 2.24) is 14.9 Å². The fraction of sp³-hybridized carbons (Fsp3) is 0.450. The van der Waals surface area contributed by atoms with Crippen LogP contribution in [0.2, 0.25) is 0 Å². The highest BCUT2D eigenvalue weighted by Crippen LogP contribution is 2.16. The van der Waals surface area contributed by atoms with Gasteiger partial charge in [-0.1, -0.05) is 18.2 Å². The second-order valence-electron chi connectivity index (χ2n) is 7.29. The van der Waals surface area contributed by atoms with Gasteiger partial charge in [-0.2, -0.15) is 0 Å².